The number of hydrogen-bond acceptors (Lipinski definition) is 5. The van der Waals surface area contributed by atoms with E-state index in [1.165, 1.54) is 19.1 Å². The van der Waals surface area contributed by atoms with Crippen LogP contribution in [0.3, 0.4) is 0 Å². The van der Waals surface area contributed by atoms with Crippen LogP contribution in [0.2, 0.25) is 0 Å². The molecule has 1 aromatic carbocycles. The van der Waals surface area contributed by atoms with E-state index >= 15 is 0 Å². The smallest absolute Gasteiger partial charge is 0.327 e. The summed E-state index contributed by atoms with van der Waals surface area (Å²) >= 11 is 3.15. The predicted molar refractivity (Wildman–Crippen MR) is 80.6 cm³/mol. The maximum Gasteiger partial charge on any atom is 0.327 e. The largest absolute Gasteiger partial charge is 0.484 e. The van der Waals surface area contributed by atoms with Crippen LogP contribution >= 0.6 is 15.9 Å². The number of ether oxygens (including phenoxy) is 1. The maximum absolute atomic E-state index is 11.3. The third kappa shape index (κ3) is 4.68. The number of nitrogens with zero attached hydrogens (tertiary/aromatic N) is 1. The van der Waals surface area contributed by atoms with Gasteiger partial charge in [-0.15, -0.1) is 0 Å². The molecule has 0 aliphatic carbocycles. The fourth-order valence-corrected chi connectivity index (χ4v) is 1.92. The second kappa shape index (κ2) is 7.37. The molecule has 0 saturated carbocycles. The molecule has 0 amide bonds. The van der Waals surface area contributed by atoms with Gasteiger partial charge in [-0.1, -0.05) is 22.9 Å². The molecule has 0 radical (unpaired) electrons. The first kappa shape index (κ1) is 17.4. The van der Waals surface area contributed by atoms with Gasteiger partial charge in [-0.3, -0.25) is 20.2 Å². The van der Waals surface area contributed by atoms with Crippen molar-refractivity contribution in [3.8, 4) is 5.75 Å². The predicted octanol–water partition coefficient (Wildman–Crippen LogP) is 2.58. The minimum Gasteiger partial charge on any atom is -0.484 e. The standard InChI is InChI=1S/C13H17BrN2O5/c1-3-6-15-13(2,12(17)18)8-21-11-5-4-9(14)7-10(11)16(19)20/h4-5,7,15H,3,6,8H2,1-2H3,(H,17,18). The fraction of sp³-hybridized carbons (Fsp3) is 0.462. The Kier molecular flexibility index (Phi) is 6.10. The second-order valence-corrected chi connectivity index (χ2v) is 5.64. The highest BCUT2D eigenvalue weighted by molar-refractivity contribution is 9.10. The summed E-state index contributed by atoms with van der Waals surface area (Å²) in [4.78, 5) is 21.7. The van der Waals surface area contributed by atoms with E-state index in [0.29, 0.717) is 11.0 Å². The maximum atomic E-state index is 11.3. The van der Waals surface area contributed by atoms with E-state index in [1.807, 2.05) is 6.92 Å². The first-order chi connectivity index (χ1) is 9.80. The van der Waals surface area contributed by atoms with Crippen molar-refractivity contribution < 1.29 is 19.6 Å². The van der Waals surface area contributed by atoms with E-state index in [2.05, 4.69) is 21.2 Å². The summed E-state index contributed by atoms with van der Waals surface area (Å²) in [6.07, 6.45) is 0.765. The van der Waals surface area contributed by atoms with E-state index in [1.54, 1.807) is 6.07 Å². The van der Waals surface area contributed by atoms with Gasteiger partial charge in [0.2, 0.25) is 0 Å². The second-order valence-electron chi connectivity index (χ2n) is 4.72. The number of aliphatic carboxylic acids is 1. The zero-order chi connectivity index (χ0) is 16.0. The first-order valence-electron chi connectivity index (χ1n) is 6.35. The number of carboxylic acids is 1. The van der Waals surface area contributed by atoms with Crippen LogP contribution in [0, 0.1) is 10.1 Å². The normalized spacial score (nSPS) is 13.5. The van der Waals surface area contributed by atoms with Crippen molar-refractivity contribution in [2.24, 2.45) is 0 Å². The number of nitro benzene ring substituents is 1. The molecule has 1 aromatic rings. The Morgan fingerprint density at radius 3 is 2.76 bits per heavy atom. The zero-order valence-electron chi connectivity index (χ0n) is 11.8. The van der Waals surface area contributed by atoms with E-state index < -0.39 is 16.4 Å². The summed E-state index contributed by atoms with van der Waals surface area (Å²) in [6, 6.07) is 4.34. The number of carbonyl (C=O) groups is 1. The average molecular weight is 361 g/mol. The summed E-state index contributed by atoms with van der Waals surface area (Å²) in [5.41, 5.74) is -1.52. The van der Waals surface area contributed by atoms with Crippen molar-refractivity contribution in [1.82, 2.24) is 5.32 Å². The quantitative estimate of drug-likeness (QED) is 0.545. The van der Waals surface area contributed by atoms with Crippen LogP contribution in [-0.4, -0.2) is 34.7 Å². The van der Waals surface area contributed by atoms with Gasteiger partial charge < -0.3 is 9.84 Å². The molecular weight excluding hydrogens is 344 g/mol. The monoisotopic (exact) mass is 360 g/mol. The molecule has 1 unspecified atom stereocenters. The van der Waals surface area contributed by atoms with Gasteiger partial charge in [0.1, 0.15) is 12.1 Å². The number of halogens is 1. The molecule has 0 saturated heterocycles. The number of benzene rings is 1. The van der Waals surface area contributed by atoms with Crippen molar-refractivity contribution in [3.05, 3.63) is 32.8 Å². The Balaban J connectivity index is 2.90. The Labute approximate surface area is 130 Å². The molecule has 7 nitrogen and oxygen atoms in total. The molecule has 0 spiro atoms. The molecule has 0 heterocycles. The lowest BCUT2D eigenvalue weighted by Gasteiger charge is -2.26. The topological polar surface area (TPSA) is 102 Å². The first-order valence-corrected chi connectivity index (χ1v) is 7.14. The number of carboxylic acid groups (broad SMARTS) is 1. The molecule has 0 bridgehead atoms. The lowest BCUT2D eigenvalue weighted by molar-refractivity contribution is -0.386. The van der Waals surface area contributed by atoms with Crippen molar-refractivity contribution in [3.63, 3.8) is 0 Å². The van der Waals surface area contributed by atoms with Crippen LogP contribution in [-0.2, 0) is 4.79 Å². The van der Waals surface area contributed by atoms with Crippen LogP contribution in [0.1, 0.15) is 20.3 Å². The molecular formula is C13H17BrN2O5. The Hall–Kier alpha value is -1.67. The Morgan fingerprint density at radius 1 is 1.57 bits per heavy atom. The third-order valence-electron chi connectivity index (χ3n) is 2.87. The fourth-order valence-electron chi connectivity index (χ4n) is 1.57. The van der Waals surface area contributed by atoms with Crippen molar-refractivity contribution >= 4 is 27.6 Å². The summed E-state index contributed by atoms with van der Waals surface area (Å²) in [6.45, 7) is 3.69. The highest BCUT2D eigenvalue weighted by Crippen LogP contribution is 2.30. The summed E-state index contributed by atoms with van der Waals surface area (Å²) < 4.78 is 5.92. The highest BCUT2D eigenvalue weighted by atomic mass is 79.9. The summed E-state index contributed by atoms with van der Waals surface area (Å²) in [5.74, 6) is -1.04. The average Bonchev–Trinajstić information content (AvgIpc) is 2.43. The zero-order valence-corrected chi connectivity index (χ0v) is 13.3. The van der Waals surface area contributed by atoms with Crippen LogP contribution in [0.15, 0.2) is 22.7 Å². The molecule has 1 rings (SSSR count). The Morgan fingerprint density at radius 2 is 2.24 bits per heavy atom. The van der Waals surface area contributed by atoms with Crippen molar-refractivity contribution in [1.29, 1.82) is 0 Å². The third-order valence-corrected chi connectivity index (χ3v) is 3.36. The molecule has 0 aliphatic heterocycles. The number of nitrogens with one attached hydrogen (secondary N) is 1. The molecule has 0 aromatic heterocycles. The van der Waals surface area contributed by atoms with Gasteiger partial charge in [0.05, 0.1) is 4.92 Å². The van der Waals surface area contributed by atoms with Gasteiger partial charge in [-0.05, 0) is 32.0 Å². The van der Waals surface area contributed by atoms with Gasteiger partial charge >= 0.3 is 11.7 Å². The molecule has 0 fully saturated rings. The van der Waals surface area contributed by atoms with Gasteiger partial charge in [0.25, 0.3) is 0 Å². The summed E-state index contributed by atoms with van der Waals surface area (Å²) in [5, 5.41) is 23.1. The van der Waals surface area contributed by atoms with Crippen LogP contribution in [0.25, 0.3) is 0 Å². The van der Waals surface area contributed by atoms with Crippen molar-refractivity contribution in [2.45, 2.75) is 25.8 Å². The Bertz CT molecular complexity index is 537. The molecule has 21 heavy (non-hydrogen) atoms. The minimum absolute atomic E-state index is 0.0361. The van der Waals surface area contributed by atoms with Gasteiger partial charge in [0.15, 0.2) is 5.75 Å². The SMILES string of the molecule is CCCNC(C)(COc1ccc(Br)cc1[N+](=O)[O-])C(=O)O. The molecule has 116 valence electrons. The van der Waals surface area contributed by atoms with Gasteiger partial charge in [-0.2, -0.15) is 0 Å². The van der Waals surface area contributed by atoms with Gasteiger partial charge in [-0.25, -0.2) is 0 Å². The van der Waals surface area contributed by atoms with E-state index in [4.69, 9.17) is 4.74 Å². The van der Waals surface area contributed by atoms with Crippen LogP contribution in [0.4, 0.5) is 5.69 Å². The molecule has 8 heteroatoms. The van der Waals surface area contributed by atoms with Crippen molar-refractivity contribution in [2.75, 3.05) is 13.2 Å². The lowest BCUT2D eigenvalue weighted by atomic mass is 10.0. The highest BCUT2D eigenvalue weighted by Gasteiger charge is 2.34. The molecule has 2 N–H and O–H groups in total. The van der Waals surface area contributed by atoms with E-state index in [9.17, 15) is 20.0 Å². The van der Waals surface area contributed by atoms with E-state index in [0.717, 1.165) is 6.42 Å². The van der Waals surface area contributed by atoms with E-state index in [-0.39, 0.29) is 18.0 Å². The summed E-state index contributed by atoms with van der Waals surface area (Å²) in [7, 11) is 0. The number of nitro groups is 1. The number of rotatable bonds is 8. The molecule has 1 atom stereocenters. The molecule has 0 aliphatic rings. The number of hydrogen-bond donors (Lipinski definition) is 2. The lowest BCUT2D eigenvalue weighted by Crippen LogP contribution is -2.54. The van der Waals surface area contributed by atoms with Gasteiger partial charge in [0, 0.05) is 10.5 Å². The van der Waals surface area contributed by atoms with Crippen LogP contribution in [0.5, 0.6) is 5.75 Å². The minimum atomic E-state index is -1.31. The van der Waals surface area contributed by atoms with Crippen LogP contribution < -0.4 is 10.1 Å².